The van der Waals surface area contributed by atoms with Crippen molar-refractivity contribution in [2.45, 2.75) is 13.3 Å². The van der Waals surface area contributed by atoms with Gasteiger partial charge >= 0.3 is 11.6 Å². The summed E-state index contributed by atoms with van der Waals surface area (Å²) in [5.41, 5.74) is 0.420. The van der Waals surface area contributed by atoms with Gasteiger partial charge in [0.05, 0.1) is 0 Å². The second-order valence-corrected chi connectivity index (χ2v) is 7.44. The second kappa shape index (κ2) is 9.28. The molecule has 4 aromatic rings. The first-order valence-electron chi connectivity index (χ1n) is 9.40. The van der Waals surface area contributed by atoms with Crippen molar-refractivity contribution in [2.24, 2.45) is 0 Å². The Kier molecular flexibility index (Phi) is 6.28. The Bertz CT molecular complexity index is 1330. The summed E-state index contributed by atoms with van der Waals surface area (Å²) >= 11 is 1.06. The number of pyridine rings is 1. The van der Waals surface area contributed by atoms with Crippen LogP contribution < -0.4 is 19.8 Å². The van der Waals surface area contributed by atoms with E-state index in [1.807, 2.05) is 0 Å². The molecule has 3 heterocycles. The highest BCUT2D eigenvalue weighted by Crippen LogP contribution is 2.30. The van der Waals surface area contributed by atoms with Crippen LogP contribution in [0.5, 0.6) is 11.8 Å². The van der Waals surface area contributed by atoms with Gasteiger partial charge in [0, 0.05) is 54.2 Å². The van der Waals surface area contributed by atoms with Crippen LogP contribution in [0.25, 0.3) is 11.0 Å². The van der Waals surface area contributed by atoms with Crippen molar-refractivity contribution in [3.8, 4) is 11.8 Å². The van der Waals surface area contributed by atoms with Crippen LogP contribution in [0.1, 0.15) is 16.7 Å². The van der Waals surface area contributed by atoms with E-state index in [0.29, 0.717) is 10.9 Å². The minimum atomic E-state index is -0.682. The van der Waals surface area contributed by atoms with E-state index in [0.717, 1.165) is 12.1 Å². The number of benzene rings is 1. The molecule has 0 spiro atoms. The van der Waals surface area contributed by atoms with Crippen LogP contribution in [0, 0.1) is 18.6 Å². The van der Waals surface area contributed by atoms with E-state index in [2.05, 4.69) is 24.4 Å². The van der Waals surface area contributed by atoms with Gasteiger partial charge < -0.3 is 9.15 Å². The molecule has 0 aliphatic carbocycles. The summed E-state index contributed by atoms with van der Waals surface area (Å²) < 4.78 is 45.7. The predicted molar refractivity (Wildman–Crippen MR) is 117 cm³/mol. The lowest BCUT2D eigenvalue weighted by atomic mass is 9.99. The average molecular weight is 457 g/mol. The summed E-state index contributed by atoms with van der Waals surface area (Å²) in [5.74, 6) is -1.43. The SMILES string of the molecule is CNSNc1nccc(Cc2c(C)c3cc(F)c(Oc4ncccn4)cc3oc2=O)c1F. The van der Waals surface area contributed by atoms with Gasteiger partial charge in [-0.1, -0.05) is 0 Å². The number of ether oxygens (including phenoxy) is 1. The Morgan fingerprint density at radius 2 is 1.94 bits per heavy atom. The van der Waals surface area contributed by atoms with E-state index in [4.69, 9.17) is 9.15 Å². The molecule has 0 fully saturated rings. The van der Waals surface area contributed by atoms with Crippen LogP contribution in [0.3, 0.4) is 0 Å². The lowest BCUT2D eigenvalue weighted by Gasteiger charge is -2.12. The summed E-state index contributed by atoms with van der Waals surface area (Å²) in [6, 6.07) is 5.50. The third kappa shape index (κ3) is 4.39. The normalized spacial score (nSPS) is 11.0. The van der Waals surface area contributed by atoms with Crippen LogP contribution >= 0.6 is 12.1 Å². The molecular formula is C21H17F2N5O3S. The van der Waals surface area contributed by atoms with Crippen molar-refractivity contribution in [1.82, 2.24) is 19.7 Å². The number of nitrogens with one attached hydrogen (secondary N) is 2. The molecule has 2 N–H and O–H groups in total. The van der Waals surface area contributed by atoms with Gasteiger partial charge in [0.25, 0.3) is 0 Å². The molecule has 4 rings (SSSR count). The minimum Gasteiger partial charge on any atom is -0.422 e. The number of rotatable bonds is 7. The standard InChI is InChI=1S/C21H17F2N5O3S/c1-11-13-9-15(22)17(31-21-26-5-3-6-27-21)10-16(13)30-20(29)14(11)8-12-4-7-25-19(18(12)23)28-32-24-2/h3-7,9-10,24H,8H2,1-2H3,(H,25,28). The zero-order valence-electron chi connectivity index (χ0n) is 17.0. The third-order valence-electron chi connectivity index (χ3n) is 4.67. The van der Waals surface area contributed by atoms with Gasteiger partial charge in [0.15, 0.2) is 23.2 Å². The van der Waals surface area contributed by atoms with E-state index in [1.165, 1.54) is 36.8 Å². The number of fused-ring (bicyclic) bond motifs is 1. The fraction of sp³-hybridized carbons (Fsp3) is 0.143. The Morgan fingerprint density at radius 1 is 1.16 bits per heavy atom. The lowest BCUT2D eigenvalue weighted by Crippen LogP contribution is -2.12. The van der Waals surface area contributed by atoms with Crippen molar-refractivity contribution in [3.05, 3.63) is 81.6 Å². The van der Waals surface area contributed by atoms with E-state index < -0.39 is 17.3 Å². The van der Waals surface area contributed by atoms with Gasteiger partial charge in [0.2, 0.25) is 0 Å². The quantitative estimate of drug-likeness (QED) is 0.313. The van der Waals surface area contributed by atoms with Gasteiger partial charge in [-0.3, -0.25) is 4.72 Å². The molecule has 3 aromatic heterocycles. The molecule has 8 nitrogen and oxygen atoms in total. The number of halogens is 2. The van der Waals surface area contributed by atoms with Gasteiger partial charge in [-0.25, -0.2) is 33.2 Å². The number of nitrogens with zero attached hydrogens (tertiary/aromatic N) is 3. The maximum absolute atomic E-state index is 14.8. The Morgan fingerprint density at radius 3 is 2.69 bits per heavy atom. The van der Waals surface area contributed by atoms with Crippen molar-refractivity contribution in [3.63, 3.8) is 0 Å². The van der Waals surface area contributed by atoms with Crippen LogP contribution in [0.15, 0.2) is 52.1 Å². The molecule has 0 atom stereocenters. The Balaban J connectivity index is 1.71. The van der Waals surface area contributed by atoms with Gasteiger partial charge in [-0.05, 0) is 43.3 Å². The van der Waals surface area contributed by atoms with E-state index in [-0.39, 0.29) is 40.7 Å². The van der Waals surface area contributed by atoms with E-state index in [1.54, 1.807) is 20.0 Å². The molecule has 0 aliphatic rings. The zero-order chi connectivity index (χ0) is 22.7. The minimum absolute atomic E-state index is 0.0284. The Hall–Kier alpha value is -3.57. The first kappa shape index (κ1) is 21.7. The summed E-state index contributed by atoms with van der Waals surface area (Å²) in [6.45, 7) is 1.66. The highest BCUT2D eigenvalue weighted by atomic mass is 32.2. The summed E-state index contributed by atoms with van der Waals surface area (Å²) in [4.78, 5) is 24.4. The van der Waals surface area contributed by atoms with Crippen molar-refractivity contribution in [1.29, 1.82) is 0 Å². The van der Waals surface area contributed by atoms with Gasteiger partial charge in [-0.15, -0.1) is 0 Å². The van der Waals surface area contributed by atoms with Crippen molar-refractivity contribution >= 4 is 28.9 Å². The molecule has 1 aromatic carbocycles. The van der Waals surface area contributed by atoms with E-state index in [9.17, 15) is 13.6 Å². The molecule has 0 unspecified atom stereocenters. The van der Waals surface area contributed by atoms with Crippen LogP contribution in [-0.2, 0) is 6.42 Å². The number of anilines is 1. The number of hydrogen-bond donors (Lipinski definition) is 2. The van der Waals surface area contributed by atoms with Crippen LogP contribution in [0.2, 0.25) is 0 Å². The molecule has 11 heteroatoms. The zero-order valence-corrected chi connectivity index (χ0v) is 17.8. The summed E-state index contributed by atoms with van der Waals surface area (Å²) in [7, 11) is 1.67. The van der Waals surface area contributed by atoms with Gasteiger partial charge in [-0.2, -0.15) is 0 Å². The first-order chi connectivity index (χ1) is 15.5. The van der Waals surface area contributed by atoms with Gasteiger partial charge in [0.1, 0.15) is 5.58 Å². The smallest absolute Gasteiger partial charge is 0.340 e. The highest BCUT2D eigenvalue weighted by Gasteiger charge is 2.18. The van der Waals surface area contributed by atoms with Crippen molar-refractivity contribution in [2.75, 3.05) is 11.8 Å². The van der Waals surface area contributed by atoms with Crippen molar-refractivity contribution < 1.29 is 17.9 Å². The highest BCUT2D eigenvalue weighted by molar-refractivity contribution is 7.98. The second-order valence-electron chi connectivity index (χ2n) is 6.62. The molecule has 0 radical (unpaired) electrons. The fourth-order valence-electron chi connectivity index (χ4n) is 3.09. The van der Waals surface area contributed by atoms with Crippen LogP contribution in [0.4, 0.5) is 14.6 Å². The molecule has 0 saturated heterocycles. The third-order valence-corrected chi connectivity index (χ3v) is 5.17. The molecule has 164 valence electrons. The average Bonchev–Trinajstić information content (AvgIpc) is 2.79. The molecule has 0 saturated carbocycles. The largest absolute Gasteiger partial charge is 0.422 e. The topological polar surface area (TPSA) is 102 Å². The molecule has 32 heavy (non-hydrogen) atoms. The summed E-state index contributed by atoms with van der Waals surface area (Å²) in [6.07, 6.45) is 4.29. The lowest BCUT2D eigenvalue weighted by molar-refractivity contribution is 0.410. The number of aryl methyl sites for hydroxylation is 1. The fourth-order valence-corrected chi connectivity index (χ4v) is 3.43. The maximum Gasteiger partial charge on any atom is 0.340 e. The molecule has 0 amide bonds. The Labute approximate surface area is 185 Å². The monoisotopic (exact) mass is 457 g/mol. The number of aromatic nitrogens is 3. The molecular weight excluding hydrogens is 440 g/mol. The maximum atomic E-state index is 14.8. The van der Waals surface area contributed by atoms with E-state index >= 15 is 0 Å². The molecule has 0 bridgehead atoms. The van der Waals surface area contributed by atoms with Crippen LogP contribution in [-0.4, -0.2) is 22.0 Å². The predicted octanol–water partition coefficient (Wildman–Crippen LogP) is 4.14. The molecule has 0 aliphatic heterocycles. The first-order valence-corrected chi connectivity index (χ1v) is 10.2. The summed E-state index contributed by atoms with van der Waals surface area (Å²) in [5, 5.41) is 0.372. The number of hydrogen-bond acceptors (Lipinski definition) is 9.